The number of aryl methyl sites for hydroxylation is 1. The van der Waals surface area contributed by atoms with Gasteiger partial charge >= 0.3 is 0 Å². The van der Waals surface area contributed by atoms with Crippen LogP contribution in [0, 0.1) is 0 Å². The summed E-state index contributed by atoms with van der Waals surface area (Å²) in [6, 6.07) is 8.89. The Bertz CT molecular complexity index is 375. The number of halogens is 1. The summed E-state index contributed by atoms with van der Waals surface area (Å²) in [5, 5.41) is 6.61. The molecule has 4 heteroatoms. The molecule has 2 N–H and O–H groups in total. The van der Waals surface area contributed by atoms with Gasteiger partial charge in [0, 0.05) is 19.6 Å². The predicted molar refractivity (Wildman–Crippen MR) is 89.7 cm³/mol. The summed E-state index contributed by atoms with van der Waals surface area (Å²) in [4.78, 5) is 4.19. The van der Waals surface area contributed by atoms with Crippen molar-refractivity contribution in [2.24, 2.45) is 4.99 Å². The highest BCUT2D eigenvalue weighted by Crippen LogP contribution is 2.08. The topological polar surface area (TPSA) is 36.4 Å². The Labute approximate surface area is 127 Å². The fourth-order valence-corrected chi connectivity index (χ4v) is 1.72. The molecule has 0 heterocycles. The van der Waals surface area contributed by atoms with Gasteiger partial charge in [-0.15, -0.1) is 24.0 Å². The quantitative estimate of drug-likeness (QED) is 0.492. The lowest BCUT2D eigenvalue weighted by Crippen LogP contribution is -2.40. The molecule has 1 aromatic carbocycles. The van der Waals surface area contributed by atoms with E-state index in [4.69, 9.17) is 0 Å². The first-order chi connectivity index (χ1) is 8.17. The zero-order valence-corrected chi connectivity index (χ0v) is 14.0. The molecule has 18 heavy (non-hydrogen) atoms. The van der Waals surface area contributed by atoms with E-state index in [-0.39, 0.29) is 24.0 Å². The number of nitrogens with zero attached hydrogens (tertiary/aromatic N) is 1. The zero-order valence-electron chi connectivity index (χ0n) is 11.7. The predicted octanol–water partition coefficient (Wildman–Crippen LogP) is 2.94. The van der Waals surface area contributed by atoms with Crippen LogP contribution >= 0.6 is 24.0 Å². The summed E-state index contributed by atoms with van der Waals surface area (Å²) < 4.78 is 0. The van der Waals surface area contributed by atoms with Gasteiger partial charge in [0.15, 0.2) is 5.96 Å². The fraction of sp³-hybridized carbons (Fsp3) is 0.500. The molecule has 0 spiro atoms. The summed E-state index contributed by atoms with van der Waals surface area (Å²) in [7, 11) is 1.80. The molecule has 0 amide bonds. The van der Waals surface area contributed by atoms with Gasteiger partial charge < -0.3 is 10.6 Å². The molecule has 0 aliphatic carbocycles. The highest BCUT2D eigenvalue weighted by molar-refractivity contribution is 14.0. The van der Waals surface area contributed by atoms with Crippen LogP contribution < -0.4 is 10.6 Å². The lowest BCUT2D eigenvalue weighted by atomic mass is 10.1. The molecule has 0 saturated heterocycles. The van der Waals surface area contributed by atoms with Crippen LogP contribution in [0.1, 0.15) is 31.9 Å². The number of nitrogens with one attached hydrogen (secondary N) is 2. The second kappa shape index (κ2) is 9.19. The molecule has 0 atom stereocenters. The summed E-state index contributed by atoms with van der Waals surface area (Å²) in [5.41, 5.74) is 2.72. The Balaban J connectivity index is 0.00000289. The minimum atomic E-state index is 0. The van der Waals surface area contributed by atoms with Gasteiger partial charge in [0.25, 0.3) is 0 Å². The molecule has 0 bridgehead atoms. The van der Waals surface area contributed by atoms with Gasteiger partial charge in [-0.05, 0) is 31.4 Å². The second-order valence-corrected chi connectivity index (χ2v) is 4.35. The molecule has 0 radical (unpaired) electrons. The number of guanidine groups is 1. The summed E-state index contributed by atoms with van der Waals surface area (Å²) in [6.45, 7) is 7.20. The van der Waals surface area contributed by atoms with Crippen LogP contribution in [0.3, 0.4) is 0 Å². The van der Waals surface area contributed by atoms with E-state index >= 15 is 0 Å². The van der Waals surface area contributed by atoms with Gasteiger partial charge in [0.1, 0.15) is 0 Å². The number of rotatable bonds is 4. The van der Waals surface area contributed by atoms with Crippen molar-refractivity contribution in [3.63, 3.8) is 0 Å². The van der Waals surface area contributed by atoms with Crippen molar-refractivity contribution < 1.29 is 0 Å². The van der Waals surface area contributed by atoms with Gasteiger partial charge in [0.2, 0.25) is 0 Å². The normalized spacial score (nSPS) is 11.1. The highest BCUT2D eigenvalue weighted by atomic mass is 127. The minimum absolute atomic E-state index is 0. The average molecular weight is 361 g/mol. The average Bonchev–Trinajstić information content (AvgIpc) is 2.34. The Hall–Kier alpha value is -0.780. The van der Waals surface area contributed by atoms with Crippen LogP contribution in [0.15, 0.2) is 29.3 Å². The molecular formula is C14H24IN3. The number of benzene rings is 1. The van der Waals surface area contributed by atoms with Crippen LogP contribution in [-0.4, -0.2) is 19.0 Å². The van der Waals surface area contributed by atoms with Gasteiger partial charge in [-0.3, -0.25) is 4.99 Å². The van der Waals surface area contributed by atoms with Crippen molar-refractivity contribution in [1.29, 1.82) is 0 Å². The summed E-state index contributed by atoms with van der Waals surface area (Å²) in [5.74, 6) is 0.853. The third-order valence-corrected chi connectivity index (χ3v) is 2.59. The maximum atomic E-state index is 4.19. The van der Waals surface area contributed by atoms with Crippen LogP contribution in [0.4, 0.5) is 0 Å². The third kappa shape index (κ3) is 5.71. The first-order valence-electron chi connectivity index (χ1n) is 6.21. The van der Waals surface area contributed by atoms with E-state index in [0.29, 0.717) is 6.04 Å². The summed E-state index contributed by atoms with van der Waals surface area (Å²) >= 11 is 0. The smallest absolute Gasteiger partial charge is 0.191 e. The van der Waals surface area contributed by atoms with E-state index in [1.54, 1.807) is 7.05 Å². The molecule has 0 saturated carbocycles. The van der Waals surface area contributed by atoms with E-state index in [1.807, 2.05) is 0 Å². The maximum absolute atomic E-state index is 4.19. The first-order valence-corrected chi connectivity index (χ1v) is 6.21. The molecule has 0 aliphatic rings. The fourth-order valence-electron chi connectivity index (χ4n) is 1.72. The Morgan fingerprint density at radius 3 is 2.33 bits per heavy atom. The molecule has 0 unspecified atom stereocenters. The van der Waals surface area contributed by atoms with Crippen molar-refractivity contribution >= 4 is 29.9 Å². The van der Waals surface area contributed by atoms with Gasteiger partial charge in [-0.25, -0.2) is 0 Å². The van der Waals surface area contributed by atoms with Gasteiger partial charge in [-0.2, -0.15) is 0 Å². The van der Waals surface area contributed by atoms with Crippen molar-refractivity contribution in [3.8, 4) is 0 Å². The van der Waals surface area contributed by atoms with Crippen molar-refractivity contribution in [2.75, 3.05) is 7.05 Å². The zero-order chi connectivity index (χ0) is 12.7. The Kier molecular flexibility index (Phi) is 8.79. The largest absolute Gasteiger partial charge is 0.354 e. The highest BCUT2D eigenvalue weighted by Gasteiger charge is 2.02. The van der Waals surface area contributed by atoms with Crippen LogP contribution in [0.2, 0.25) is 0 Å². The van der Waals surface area contributed by atoms with Crippen LogP contribution in [-0.2, 0) is 13.0 Å². The second-order valence-electron chi connectivity index (χ2n) is 4.35. The van der Waals surface area contributed by atoms with Crippen LogP contribution in [0.5, 0.6) is 0 Å². The molecular weight excluding hydrogens is 337 g/mol. The number of aliphatic imine (C=N–C) groups is 1. The third-order valence-electron chi connectivity index (χ3n) is 2.59. The standard InChI is InChI=1S/C14H23N3.HI/c1-5-12-8-6-7-9-13(12)10-16-14(15-4)17-11(2)3;/h6-9,11H,5,10H2,1-4H3,(H2,15,16,17);1H. The SMILES string of the molecule is CCc1ccccc1CNC(=NC)NC(C)C.I. The van der Waals surface area contributed by atoms with E-state index in [2.05, 4.69) is 60.7 Å². The summed E-state index contributed by atoms with van der Waals surface area (Å²) in [6.07, 6.45) is 1.06. The monoisotopic (exact) mass is 361 g/mol. The Morgan fingerprint density at radius 1 is 1.22 bits per heavy atom. The van der Waals surface area contributed by atoms with E-state index < -0.39 is 0 Å². The molecule has 1 aromatic rings. The number of hydrogen-bond acceptors (Lipinski definition) is 1. The molecule has 0 aromatic heterocycles. The lowest BCUT2D eigenvalue weighted by molar-refractivity contribution is 0.698. The van der Waals surface area contributed by atoms with E-state index in [1.165, 1.54) is 11.1 Å². The molecule has 3 nitrogen and oxygen atoms in total. The van der Waals surface area contributed by atoms with Gasteiger partial charge in [-0.1, -0.05) is 31.2 Å². The lowest BCUT2D eigenvalue weighted by Gasteiger charge is -2.15. The minimum Gasteiger partial charge on any atom is -0.354 e. The van der Waals surface area contributed by atoms with E-state index in [9.17, 15) is 0 Å². The van der Waals surface area contributed by atoms with E-state index in [0.717, 1.165) is 18.9 Å². The molecule has 0 aliphatic heterocycles. The Morgan fingerprint density at radius 2 is 1.83 bits per heavy atom. The molecule has 0 fully saturated rings. The van der Waals surface area contributed by atoms with Gasteiger partial charge in [0.05, 0.1) is 0 Å². The molecule has 1 rings (SSSR count). The number of hydrogen-bond donors (Lipinski definition) is 2. The van der Waals surface area contributed by atoms with Crippen LogP contribution in [0.25, 0.3) is 0 Å². The van der Waals surface area contributed by atoms with Crippen molar-refractivity contribution in [2.45, 2.75) is 39.8 Å². The molecule has 102 valence electrons. The van der Waals surface area contributed by atoms with Crippen molar-refractivity contribution in [1.82, 2.24) is 10.6 Å². The van der Waals surface area contributed by atoms with Crippen molar-refractivity contribution in [3.05, 3.63) is 35.4 Å². The first kappa shape index (κ1) is 17.2. The maximum Gasteiger partial charge on any atom is 0.191 e.